The quantitative estimate of drug-likeness (QED) is 0.634. The largest absolute Gasteiger partial charge is 0.353 e. The lowest BCUT2D eigenvalue weighted by molar-refractivity contribution is -0.127. The molecule has 0 aromatic heterocycles. The number of hydrogen-bond acceptors (Lipinski definition) is 2. The molecule has 0 saturated heterocycles. The fourth-order valence-electron chi connectivity index (χ4n) is 1.61. The van der Waals surface area contributed by atoms with E-state index >= 15 is 0 Å². The summed E-state index contributed by atoms with van der Waals surface area (Å²) < 4.78 is 0. The maximum absolute atomic E-state index is 11.5. The molecule has 2 rings (SSSR count). The van der Waals surface area contributed by atoms with Gasteiger partial charge in [-0.1, -0.05) is 6.08 Å². The fourth-order valence-corrected chi connectivity index (χ4v) is 1.61. The van der Waals surface area contributed by atoms with Crippen LogP contribution in [0.5, 0.6) is 0 Å². The highest BCUT2D eigenvalue weighted by Crippen LogP contribution is 2.39. The van der Waals surface area contributed by atoms with Gasteiger partial charge in [0.2, 0.25) is 11.8 Å². The Bertz CT molecular complexity index is 297. The summed E-state index contributed by atoms with van der Waals surface area (Å²) in [6.07, 6.45) is 4.51. The van der Waals surface area contributed by atoms with Crippen LogP contribution in [0, 0.1) is 11.8 Å². The van der Waals surface area contributed by atoms with Gasteiger partial charge in [0.05, 0.1) is 11.8 Å². The Kier molecular flexibility index (Phi) is 2.75. The number of hydrogen-bond donors (Lipinski definition) is 2. The molecule has 2 unspecified atom stereocenters. The molecule has 0 spiro atoms. The van der Waals surface area contributed by atoms with E-state index < -0.39 is 0 Å². The summed E-state index contributed by atoms with van der Waals surface area (Å²) in [4.78, 5) is 23.0. The average molecular weight is 208 g/mol. The maximum atomic E-state index is 11.5. The van der Waals surface area contributed by atoms with Gasteiger partial charge < -0.3 is 10.6 Å². The SMILES string of the molecule is C=CCNC(=O)C1CC1C(=O)NC1CC1. The standard InChI is InChI=1S/C11H16N2O2/c1-2-5-12-10(14)8-6-9(8)11(15)13-7-3-4-7/h2,7-9H,1,3-6H2,(H,12,14)(H,13,15). The maximum Gasteiger partial charge on any atom is 0.224 e. The molecular weight excluding hydrogens is 192 g/mol. The molecule has 2 amide bonds. The fraction of sp³-hybridized carbons (Fsp3) is 0.636. The average Bonchev–Trinajstić information content (AvgIpc) is 3.04. The topological polar surface area (TPSA) is 58.2 Å². The van der Waals surface area contributed by atoms with E-state index in [0.29, 0.717) is 19.0 Å². The van der Waals surface area contributed by atoms with Crippen molar-refractivity contribution in [2.24, 2.45) is 11.8 Å². The van der Waals surface area contributed by atoms with Crippen LogP contribution in [0.4, 0.5) is 0 Å². The van der Waals surface area contributed by atoms with Crippen LogP contribution in [0.3, 0.4) is 0 Å². The van der Waals surface area contributed by atoms with Crippen molar-refractivity contribution in [3.8, 4) is 0 Å². The number of rotatable bonds is 5. The van der Waals surface area contributed by atoms with Crippen LogP contribution in [0.2, 0.25) is 0 Å². The minimum Gasteiger partial charge on any atom is -0.353 e. The van der Waals surface area contributed by atoms with E-state index in [2.05, 4.69) is 17.2 Å². The van der Waals surface area contributed by atoms with Crippen molar-refractivity contribution in [2.75, 3.05) is 6.54 Å². The van der Waals surface area contributed by atoms with Crippen molar-refractivity contribution in [3.63, 3.8) is 0 Å². The molecule has 2 aliphatic rings. The summed E-state index contributed by atoms with van der Waals surface area (Å²) in [5.41, 5.74) is 0. The van der Waals surface area contributed by atoms with Gasteiger partial charge >= 0.3 is 0 Å². The molecule has 0 aromatic rings. The summed E-state index contributed by atoms with van der Waals surface area (Å²) in [5, 5.41) is 5.63. The number of carbonyl (C=O) groups excluding carboxylic acids is 2. The lowest BCUT2D eigenvalue weighted by Crippen LogP contribution is -2.31. The van der Waals surface area contributed by atoms with Crippen LogP contribution >= 0.6 is 0 Å². The van der Waals surface area contributed by atoms with Crippen molar-refractivity contribution in [3.05, 3.63) is 12.7 Å². The van der Waals surface area contributed by atoms with Gasteiger partial charge in [0.25, 0.3) is 0 Å². The van der Waals surface area contributed by atoms with E-state index in [1.54, 1.807) is 6.08 Å². The Morgan fingerprint density at radius 2 is 1.93 bits per heavy atom. The van der Waals surface area contributed by atoms with Gasteiger partial charge in [0.1, 0.15) is 0 Å². The Morgan fingerprint density at radius 1 is 1.27 bits per heavy atom. The lowest BCUT2D eigenvalue weighted by Gasteiger charge is -2.02. The van der Waals surface area contributed by atoms with Crippen molar-refractivity contribution >= 4 is 11.8 Å². The first kappa shape index (κ1) is 10.2. The highest BCUT2D eigenvalue weighted by molar-refractivity contribution is 5.92. The van der Waals surface area contributed by atoms with Crippen molar-refractivity contribution in [1.29, 1.82) is 0 Å². The molecule has 0 bridgehead atoms. The number of amides is 2. The van der Waals surface area contributed by atoms with E-state index in [1.165, 1.54) is 0 Å². The number of carbonyl (C=O) groups is 2. The van der Waals surface area contributed by atoms with Crippen molar-refractivity contribution in [2.45, 2.75) is 25.3 Å². The Labute approximate surface area is 89.1 Å². The third-order valence-corrected chi connectivity index (χ3v) is 2.81. The molecule has 82 valence electrons. The van der Waals surface area contributed by atoms with Gasteiger partial charge in [-0.2, -0.15) is 0 Å². The third-order valence-electron chi connectivity index (χ3n) is 2.81. The van der Waals surface area contributed by atoms with Crippen LogP contribution in [0.25, 0.3) is 0 Å². The van der Waals surface area contributed by atoms with E-state index in [0.717, 1.165) is 12.8 Å². The zero-order valence-corrected chi connectivity index (χ0v) is 8.66. The second kappa shape index (κ2) is 4.04. The summed E-state index contributed by atoms with van der Waals surface area (Å²) in [6.45, 7) is 4.00. The lowest BCUT2D eigenvalue weighted by atomic mass is 10.3. The van der Waals surface area contributed by atoms with Gasteiger partial charge in [0, 0.05) is 12.6 Å². The molecule has 0 aliphatic heterocycles. The Morgan fingerprint density at radius 3 is 2.53 bits per heavy atom. The minimum atomic E-state index is -0.108. The third kappa shape index (κ3) is 2.58. The monoisotopic (exact) mass is 208 g/mol. The zero-order valence-electron chi connectivity index (χ0n) is 8.66. The minimum absolute atomic E-state index is 0.0224. The highest BCUT2D eigenvalue weighted by Gasteiger charge is 2.48. The van der Waals surface area contributed by atoms with E-state index in [-0.39, 0.29) is 23.7 Å². The summed E-state index contributed by atoms with van der Waals surface area (Å²) >= 11 is 0. The van der Waals surface area contributed by atoms with Crippen molar-refractivity contribution in [1.82, 2.24) is 10.6 Å². The van der Waals surface area contributed by atoms with Gasteiger partial charge in [-0.05, 0) is 19.3 Å². The van der Waals surface area contributed by atoms with Gasteiger partial charge in [-0.15, -0.1) is 6.58 Å². The van der Waals surface area contributed by atoms with Gasteiger partial charge in [0.15, 0.2) is 0 Å². The van der Waals surface area contributed by atoms with Crippen LogP contribution in [-0.2, 0) is 9.59 Å². The summed E-state index contributed by atoms with van der Waals surface area (Å²) in [5.74, 6) is -0.166. The predicted octanol–water partition coefficient (Wildman–Crippen LogP) is 0.203. The molecule has 2 aliphatic carbocycles. The Hall–Kier alpha value is -1.32. The normalized spacial score (nSPS) is 28.0. The smallest absolute Gasteiger partial charge is 0.224 e. The van der Waals surface area contributed by atoms with E-state index in [4.69, 9.17) is 0 Å². The van der Waals surface area contributed by atoms with Crippen LogP contribution in [0.1, 0.15) is 19.3 Å². The molecule has 2 fully saturated rings. The number of nitrogens with one attached hydrogen (secondary N) is 2. The molecule has 4 heteroatoms. The first-order chi connectivity index (χ1) is 7.22. The summed E-state index contributed by atoms with van der Waals surface area (Å²) in [7, 11) is 0. The van der Waals surface area contributed by atoms with Crippen molar-refractivity contribution < 1.29 is 9.59 Å². The molecule has 15 heavy (non-hydrogen) atoms. The van der Waals surface area contributed by atoms with Crippen LogP contribution in [-0.4, -0.2) is 24.4 Å². The molecule has 2 atom stereocenters. The zero-order chi connectivity index (χ0) is 10.8. The van der Waals surface area contributed by atoms with E-state index in [9.17, 15) is 9.59 Å². The molecule has 4 nitrogen and oxygen atoms in total. The van der Waals surface area contributed by atoms with Crippen LogP contribution < -0.4 is 10.6 Å². The highest BCUT2D eigenvalue weighted by atomic mass is 16.2. The second-order valence-corrected chi connectivity index (χ2v) is 4.27. The first-order valence-electron chi connectivity index (χ1n) is 5.41. The molecule has 0 heterocycles. The molecule has 2 saturated carbocycles. The molecular formula is C11H16N2O2. The predicted molar refractivity (Wildman–Crippen MR) is 56.0 cm³/mol. The van der Waals surface area contributed by atoms with Gasteiger partial charge in [-0.25, -0.2) is 0 Å². The second-order valence-electron chi connectivity index (χ2n) is 4.27. The molecule has 0 aromatic carbocycles. The van der Waals surface area contributed by atoms with Crippen LogP contribution in [0.15, 0.2) is 12.7 Å². The Balaban J connectivity index is 1.71. The van der Waals surface area contributed by atoms with E-state index in [1.807, 2.05) is 0 Å². The molecule has 0 radical (unpaired) electrons. The first-order valence-corrected chi connectivity index (χ1v) is 5.41. The van der Waals surface area contributed by atoms with Gasteiger partial charge in [-0.3, -0.25) is 9.59 Å². The summed E-state index contributed by atoms with van der Waals surface area (Å²) in [6, 6.07) is 0.384. The molecule has 2 N–H and O–H groups in total.